The Hall–Kier alpha value is -2.26. The zero-order chi connectivity index (χ0) is 13.9. The van der Waals surface area contributed by atoms with Gasteiger partial charge in [-0.3, -0.25) is 4.98 Å². The van der Waals surface area contributed by atoms with Crippen molar-refractivity contribution in [3.8, 4) is 0 Å². The maximum atomic E-state index is 13.4. The van der Waals surface area contributed by atoms with Crippen LogP contribution in [0.4, 0.5) is 4.39 Å². The van der Waals surface area contributed by atoms with Crippen molar-refractivity contribution in [2.45, 2.75) is 6.04 Å². The first-order chi connectivity index (χ1) is 9.79. The predicted molar refractivity (Wildman–Crippen MR) is 79.0 cm³/mol. The highest BCUT2D eigenvalue weighted by Gasteiger charge is 2.16. The topological polar surface area (TPSA) is 24.9 Å². The van der Waals surface area contributed by atoms with Crippen molar-refractivity contribution in [2.24, 2.45) is 0 Å². The summed E-state index contributed by atoms with van der Waals surface area (Å²) in [5.74, 6) is -0.233. The van der Waals surface area contributed by atoms with Crippen molar-refractivity contribution in [1.82, 2.24) is 10.3 Å². The Morgan fingerprint density at radius 1 is 1.05 bits per heavy atom. The SMILES string of the molecule is CNC(c1cccc(F)c1)c1nccc2ccccc12. The van der Waals surface area contributed by atoms with E-state index in [1.165, 1.54) is 6.07 Å². The summed E-state index contributed by atoms with van der Waals surface area (Å²) < 4.78 is 13.4. The van der Waals surface area contributed by atoms with E-state index in [0.717, 1.165) is 22.0 Å². The predicted octanol–water partition coefficient (Wildman–Crippen LogP) is 3.68. The Bertz CT molecular complexity index is 734. The fourth-order valence-electron chi connectivity index (χ4n) is 2.52. The van der Waals surface area contributed by atoms with Crippen LogP contribution in [0.5, 0.6) is 0 Å². The monoisotopic (exact) mass is 266 g/mol. The second kappa shape index (κ2) is 5.39. The van der Waals surface area contributed by atoms with Gasteiger partial charge in [0.2, 0.25) is 0 Å². The molecule has 1 N–H and O–H groups in total. The largest absolute Gasteiger partial charge is 0.308 e. The van der Waals surface area contributed by atoms with E-state index in [4.69, 9.17) is 0 Å². The van der Waals surface area contributed by atoms with Gasteiger partial charge < -0.3 is 5.32 Å². The first kappa shape index (κ1) is 12.8. The molecule has 0 bridgehead atoms. The minimum absolute atomic E-state index is 0.128. The Morgan fingerprint density at radius 3 is 2.70 bits per heavy atom. The van der Waals surface area contributed by atoms with E-state index in [2.05, 4.69) is 16.4 Å². The molecule has 2 nitrogen and oxygen atoms in total. The lowest BCUT2D eigenvalue weighted by molar-refractivity contribution is 0.615. The Morgan fingerprint density at radius 2 is 1.90 bits per heavy atom. The van der Waals surface area contributed by atoms with Gasteiger partial charge in [-0.25, -0.2) is 4.39 Å². The van der Waals surface area contributed by atoms with Crippen LogP contribution in [0, 0.1) is 5.82 Å². The number of benzene rings is 2. The van der Waals surface area contributed by atoms with E-state index < -0.39 is 0 Å². The average Bonchev–Trinajstić information content (AvgIpc) is 2.48. The summed E-state index contributed by atoms with van der Waals surface area (Å²) >= 11 is 0. The summed E-state index contributed by atoms with van der Waals surface area (Å²) in [5.41, 5.74) is 1.78. The van der Waals surface area contributed by atoms with Gasteiger partial charge in [0.25, 0.3) is 0 Å². The van der Waals surface area contributed by atoms with Gasteiger partial charge >= 0.3 is 0 Å². The summed E-state index contributed by atoms with van der Waals surface area (Å²) in [7, 11) is 1.86. The normalized spacial score (nSPS) is 12.5. The van der Waals surface area contributed by atoms with Gasteiger partial charge in [-0.15, -0.1) is 0 Å². The fraction of sp³-hybridized carbons (Fsp3) is 0.118. The zero-order valence-corrected chi connectivity index (χ0v) is 11.2. The molecular weight excluding hydrogens is 251 g/mol. The maximum Gasteiger partial charge on any atom is 0.123 e. The highest BCUT2D eigenvalue weighted by atomic mass is 19.1. The third-order valence-corrected chi connectivity index (χ3v) is 3.45. The molecule has 0 radical (unpaired) electrons. The molecule has 0 amide bonds. The number of pyridine rings is 1. The fourth-order valence-corrected chi connectivity index (χ4v) is 2.52. The summed E-state index contributed by atoms with van der Waals surface area (Å²) in [5, 5.41) is 5.44. The molecule has 3 heteroatoms. The third kappa shape index (κ3) is 2.28. The van der Waals surface area contributed by atoms with Crippen LogP contribution in [0.1, 0.15) is 17.3 Å². The van der Waals surface area contributed by atoms with Crippen LogP contribution >= 0.6 is 0 Å². The first-order valence-corrected chi connectivity index (χ1v) is 6.56. The van der Waals surface area contributed by atoms with Gasteiger partial charge in [0.05, 0.1) is 11.7 Å². The zero-order valence-electron chi connectivity index (χ0n) is 11.2. The summed E-state index contributed by atoms with van der Waals surface area (Å²) in [6.45, 7) is 0. The summed E-state index contributed by atoms with van der Waals surface area (Å²) in [4.78, 5) is 4.50. The number of aromatic nitrogens is 1. The van der Waals surface area contributed by atoms with E-state index >= 15 is 0 Å². The van der Waals surface area contributed by atoms with E-state index in [1.807, 2.05) is 37.4 Å². The van der Waals surface area contributed by atoms with Gasteiger partial charge in [-0.1, -0.05) is 36.4 Å². The van der Waals surface area contributed by atoms with Crippen LogP contribution in [0.2, 0.25) is 0 Å². The molecule has 20 heavy (non-hydrogen) atoms. The lowest BCUT2D eigenvalue weighted by Crippen LogP contribution is -2.19. The van der Waals surface area contributed by atoms with E-state index in [-0.39, 0.29) is 11.9 Å². The second-order valence-corrected chi connectivity index (χ2v) is 4.69. The van der Waals surface area contributed by atoms with E-state index in [1.54, 1.807) is 18.3 Å². The van der Waals surface area contributed by atoms with Gasteiger partial charge in [0, 0.05) is 11.6 Å². The van der Waals surface area contributed by atoms with E-state index in [0.29, 0.717) is 0 Å². The quantitative estimate of drug-likeness (QED) is 0.782. The molecule has 0 saturated carbocycles. The molecule has 0 aliphatic heterocycles. The molecule has 0 fully saturated rings. The lowest BCUT2D eigenvalue weighted by Gasteiger charge is -2.18. The molecule has 0 aliphatic rings. The van der Waals surface area contributed by atoms with Crippen molar-refractivity contribution >= 4 is 10.8 Å². The third-order valence-electron chi connectivity index (χ3n) is 3.45. The minimum Gasteiger partial charge on any atom is -0.308 e. The molecule has 3 rings (SSSR count). The van der Waals surface area contributed by atoms with Crippen molar-refractivity contribution in [3.05, 3.63) is 77.9 Å². The maximum absolute atomic E-state index is 13.4. The summed E-state index contributed by atoms with van der Waals surface area (Å²) in [6, 6.07) is 16.6. The molecule has 1 aromatic heterocycles. The molecule has 0 aliphatic carbocycles. The van der Waals surface area contributed by atoms with Crippen molar-refractivity contribution < 1.29 is 4.39 Å². The Kier molecular flexibility index (Phi) is 3.44. The number of nitrogens with zero attached hydrogens (tertiary/aromatic N) is 1. The molecule has 1 unspecified atom stereocenters. The van der Waals surface area contributed by atoms with Gasteiger partial charge in [0.15, 0.2) is 0 Å². The second-order valence-electron chi connectivity index (χ2n) is 4.69. The first-order valence-electron chi connectivity index (χ1n) is 6.56. The highest BCUT2D eigenvalue weighted by molar-refractivity contribution is 5.85. The van der Waals surface area contributed by atoms with E-state index in [9.17, 15) is 4.39 Å². The standard InChI is InChI=1S/C17H15FN2/c1-19-16(13-6-4-7-14(18)11-13)17-15-8-3-2-5-12(15)9-10-20-17/h2-11,16,19H,1H3. The minimum atomic E-state index is -0.233. The van der Waals surface area contributed by atoms with Crippen LogP contribution in [-0.4, -0.2) is 12.0 Å². The molecule has 1 heterocycles. The lowest BCUT2D eigenvalue weighted by atomic mass is 9.98. The Balaban J connectivity index is 2.17. The molecule has 1 atom stereocenters. The number of halogens is 1. The van der Waals surface area contributed by atoms with Gasteiger partial charge in [-0.05, 0) is 36.2 Å². The number of hydrogen-bond acceptors (Lipinski definition) is 2. The number of nitrogens with one attached hydrogen (secondary N) is 1. The smallest absolute Gasteiger partial charge is 0.123 e. The molecule has 0 spiro atoms. The number of hydrogen-bond donors (Lipinski definition) is 1. The van der Waals surface area contributed by atoms with Crippen LogP contribution in [0.15, 0.2) is 60.8 Å². The van der Waals surface area contributed by atoms with Crippen LogP contribution in [0.25, 0.3) is 10.8 Å². The number of fused-ring (bicyclic) bond motifs is 1. The highest BCUT2D eigenvalue weighted by Crippen LogP contribution is 2.27. The van der Waals surface area contributed by atoms with Crippen molar-refractivity contribution in [2.75, 3.05) is 7.05 Å². The number of rotatable bonds is 3. The molecule has 100 valence electrons. The van der Waals surface area contributed by atoms with Gasteiger partial charge in [-0.2, -0.15) is 0 Å². The summed E-state index contributed by atoms with van der Waals surface area (Å²) in [6.07, 6.45) is 1.79. The van der Waals surface area contributed by atoms with Crippen LogP contribution in [-0.2, 0) is 0 Å². The molecule has 3 aromatic rings. The molecule has 2 aromatic carbocycles. The van der Waals surface area contributed by atoms with Crippen molar-refractivity contribution in [1.29, 1.82) is 0 Å². The van der Waals surface area contributed by atoms with Crippen LogP contribution < -0.4 is 5.32 Å². The average molecular weight is 266 g/mol. The van der Waals surface area contributed by atoms with Gasteiger partial charge in [0.1, 0.15) is 5.82 Å². The molecule has 0 saturated heterocycles. The Labute approximate surface area is 117 Å². The van der Waals surface area contributed by atoms with Crippen LogP contribution in [0.3, 0.4) is 0 Å². The van der Waals surface area contributed by atoms with Crippen molar-refractivity contribution in [3.63, 3.8) is 0 Å². The molecular formula is C17H15FN2.